The van der Waals surface area contributed by atoms with Gasteiger partial charge in [0.1, 0.15) is 0 Å². The molecule has 1 heterocycles. The smallest absolute Gasteiger partial charge is 0.253 e. The van der Waals surface area contributed by atoms with Gasteiger partial charge in [0.05, 0.1) is 25.6 Å². The fourth-order valence-corrected chi connectivity index (χ4v) is 3.86. The lowest BCUT2D eigenvalue weighted by atomic mass is 9.98. The molecule has 1 atom stereocenters. The van der Waals surface area contributed by atoms with E-state index in [1.807, 2.05) is 60.7 Å². The quantitative estimate of drug-likeness (QED) is 0.605. The van der Waals surface area contributed by atoms with E-state index < -0.39 is 6.04 Å². The molecule has 0 spiro atoms. The van der Waals surface area contributed by atoms with E-state index in [1.54, 1.807) is 20.3 Å². The first-order chi connectivity index (χ1) is 16.0. The van der Waals surface area contributed by atoms with Crippen LogP contribution in [-0.2, 0) is 16.1 Å². The van der Waals surface area contributed by atoms with Gasteiger partial charge in [-0.3, -0.25) is 14.6 Å². The number of fused-ring (bicyclic) bond motifs is 1. The molecule has 0 saturated heterocycles. The van der Waals surface area contributed by atoms with Crippen molar-refractivity contribution in [3.8, 4) is 11.5 Å². The number of methoxy groups -OCH3 is 2. The number of hydrogen-bond donors (Lipinski definition) is 2. The van der Waals surface area contributed by atoms with Crippen LogP contribution in [0.4, 0.5) is 5.69 Å². The molecule has 7 nitrogen and oxygen atoms in total. The van der Waals surface area contributed by atoms with Crippen molar-refractivity contribution in [1.29, 1.82) is 0 Å². The van der Waals surface area contributed by atoms with E-state index in [1.165, 1.54) is 6.92 Å². The zero-order valence-electron chi connectivity index (χ0n) is 18.7. The topological polar surface area (TPSA) is 89.0 Å². The summed E-state index contributed by atoms with van der Waals surface area (Å²) in [6.45, 7) is 1.77. The molecule has 1 unspecified atom stereocenters. The van der Waals surface area contributed by atoms with Gasteiger partial charge < -0.3 is 20.1 Å². The van der Waals surface area contributed by atoms with Gasteiger partial charge in [-0.2, -0.15) is 0 Å². The Balaban J connectivity index is 1.90. The van der Waals surface area contributed by atoms with Crippen molar-refractivity contribution < 1.29 is 19.1 Å². The molecule has 0 aliphatic carbocycles. The predicted octanol–water partition coefficient (Wildman–Crippen LogP) is 3.87. The van der Waals surface area contributed by atoms with Gasteiger partial charge in [-0.05, 0) is 17.2 Å². The van der Waals surface area contributed by atoms with Crippen molar-refractivity contribution >= 4 is 23.2 Å². The van der Waals surface area contributed by atoms with Gasteiger partial charge in [0, 0.05) is 30.7 Å². The third kappa shape index (κ3) is 4.57. The summed E-state index contributed by atoms with van der Waals surface area (Å²) < 4.78 is 11.0. The maximum Gasteiger partial charge on any atom is 0.253 e. The van der Waals surface area contributed by atoms with Crippen LogP contribution in [0.15, 0.2) is 71.7 Å². The van der Waals surface area contributed by atoms with Gasteiger partial charge in [0.25, 0.3) is 5.91 Å². The van der Waals surface area contributed by atoms with Gasteiger partial charge in [-0.25, -0.2) is 0 Å². The molecular weight excluding hydrogens is 418 g/mol. The number of anilines is 1. The number of carbonyl (C=O) groups excluding carboxylic acids is 2. The number of ether oxygens (including phenoxy) is 2. The van der Waals surface area contributed by atoms with Crippen LogP contribution in [0.2, 0.25) is 0 Å². The molecule has 0 fully saturated rings. The second kappa shape index (κ2) is 9.56. The molecule has 4 rings (SSSR count). The fraction of sp³-hybridized carbons (Fsp3) is 0.192. The molecule has 3 aromatic carbocycles. The number of benzodiazepines with no additional fused rings is 1. The lowest BCUT2D eigenvalue weighted by Crippen LogP contribution is -2.23. The summed E-state index contributed by atoms with van der Waals surface area (Å²) in [7, 11) is 3.12. The first-order valence-corrected chi connectivity index (χ1v) is 10.5. The molecule has 1 aliphatic heterocycles. The summed E-state index contributed by atoms with van der Waals surface area (Å²) in [6.07, 6.45) is 0. The summed E-state index contributed by atoms with van der Waals surface area (Å²) >= 11 is 0. The minimum absolute atomic E-state index is 0.143. The van der Waals surface area contributed by atoms with Crippen molar-refractivity contribution in [2.45, 2.75) is 19.5 Å². The summed E-state index contributed by atoms with van der Waals surface area (Å²) in [6, 6.07) is 20.0. The van der Waals surface area contributed by atoms with Crippen LogP contribution in [0.1, 0.15) is 35.2 Å². The molecule has 0 bridgehead atoms. The molecule has 3 aromatic rings. The third-order valence-corrected chi connectivity index (χ3v) is 5.47. The molecule has 7 heteroatoms. The van der Waals surface area contributed by atoms with E-state index in [4.69, 9.17) is 14.5 Å². The first kappa shape index (κ1) is 22.1. The number of carbonyl (C=O) groups is 2. The highest BCUT2D eigenvalue weighted by atomic mass is 16.5. The molecule has 2 amide bonds. The Morgan fingerprint density at radius 2 is 1.67 bits per heavy atom. The van der Waals surface area contributed by atoms with Crippen molar-refractivity contribution in [3.63, 3.8) is 0 Å². The molecule has 0 radical (unpaired) electrons. The van der Waals surface area contributed by atoms with Crippen LogP contribution in [0.5, 0.6) is 11.5 Å². The van der Waals surface area contributed by atoms with Crippen LogP contribution >= 0.6 is 0 Å². The van der Waals surface area contributed by atoms with Crippen molar-refractivity contribution in [2.24, 2.45) is 4.99 Å². The molecule has 168 valence electrons. The summed E-state index contributed by atoms with van der Waals surface area (Å²) in [5, 5.41) is 5.82. The molecule has 33 heavy (non-hydrogen) atoms. The van der Waals surface area contributed by atoms with E-state index >= 15 is 0 Å². The largest absolute Gasteiger partial charge is 0.493 e. The van der Waals surface area contributed by atoms with Crippen LogP contribution < -0.4 is 20.1 Å². The highest BCUT2D eigenvalue weighted by Gasteiger charge is 2.30. The number of nitrogens with zero attached hydrogens (tertiary/aromatic N) is 1. The van der Waals surface area contributed by atoms with E-state index in [0.717, 1.165) is 22.3 Å². The lowest BCUT2D eigenvalue weighted by Gasteiger charge is -2.16. The lowest BCUT2D eigenvalue weighted by molar-refractivity contribution is -0.119. The van der Waals surface area contributed by atoms with Crippen molar-refractivity contribution in [3.05, 3.63) is 89.0 Å². The maximum absolute atomic E-state index is 13.4. The second-order valence-corrected chi connectivity index (χ2v) is 7.60. The molecular formula is C26H25N3O4. The van der Waals surface area contributed by atoms with Crippen LogP contribution in [0.25, 0.3) is 0 Å². The van der Waals surface area contributed by atoms with Gasteiger partial charge in [0.2, 0.25) is 5.91 Å². The number of hydrogen-bond acceptors (Lipinski definition) is 5. The average molecular weight is 444 g/mol. The van der Waals surface area contributed by atoms with E-state index in [-0.39, 0.29) is 11.8 Å². The minimum atomic E-state index is -0.811. The average Bonchev–Trinajstić information content (AvgIpc) is 2.98. The Morgan fingerprint density at radius 3 is 2.36 bits per heavy atom. The molecule has 0 aromatic heterocycles. The van der Waals surface area contributed by atoms with Gasteiger partial charge in [0.15, 0.2) is 17.5 Å². The van der Waals surface area contributed by atoms with Crippen LogP contribution in [0.3, 0.4) is 0 Å². The number of nitrogens with one attached hydrogen (secondary N) is 2. The van der Waals surface area contributed by atoms with Gasteiger partial charge >= 0.3 is 0 Å². The summed E-state index contributed by atoms with van der Waals surface area (Å²) in [5.41, 5.74) is 4.39. The monoisotopic (exact) mass is 443 g/mol. The summed E-state index contributed by atoms with van der Waals surface area (Å²) in [5.74, 6) is 0.631. The Kier molecular flexibility index (Phi) is 6.40. The number of benzene rings is 3. The number of aliphatic imine (C=N–C) groups is 1. The second-order valence-electron chi connectivity index (χ2n) is 7.60. The van der Waals surface area contributed by atoms with Gasteiger partial charge in [-0.15, -0.1) is 0 Å². The zero-order chi connectivity index (χ0) is 23.4. The fourth-order valence-electron chi connectivity index (χ4n) is 3.86. The zero-order valence-corrected chi connectivity index (χ0v) is 18.7. The van der Waals surface area contributed by atoms with Crippen molar-refractivity contribution in [1.82, 2.24) is 5.32 Å². The Hall–Kier alpha value is -4.13. The number of rotatable bonds is 6. The molecule has 0 saturated carbocycles. The Labute approximate surface area is 192 Å². The predicted molar refractivity (Wildman–Crippen MR) is 127 cm³/mol. The normalized spacial score (nSPS) is 14.9. The molecule has 1 aliphatic rings. The third-order valence-electron chi connectivity index (χ3n) is 5.47. The van der Waals surface area contributed by atoms with Gasteiger partial charge in [-0.1, -0.05) is 54.6 Å². The first-order valence-electron chi connectivity index (χ1n) is 10.5. The SMILES string of the molecule is COc1cc2c(cc1OC)C(c1ccccc1)=NC(c1ccccc1CNC(C)=O)C(=O)N2. The van der Waals surface area contributed by atoms with E-state index in [0.29, 0.717) is 29.4 Å². The highest BCUT2D eigenvalue weighted by molar-refractivity contribution is 6.20. The standard InChI is InChI=1S/C26H25N3O4/c1-16(30)27-15-18-11-7-8-12-19(18)25-26(31)28-21-14-23(33-3)22(32-2)13-20(21)24(29-25)17-9-5-4-6-10-17/h4-14,25H,15H2,1-3H3,(H,27,30)(H,28,31). The number of amides is 2. The van der Waals surface area contributed by atoms with Crippen LogP contribution in [0, 0.1) is 0 Å². The summed E-state index contributed by atoms with van der Waals surface area (Å²) in [4.78, 5) is 29.9. The Morgan fingerprint density at radius 1 is 1.00 bits per heavy atom. The van der Waals surface area contributed by atoms with E-state index in [2.05, 4.69) is 10.6 Å². The Bertz CT molecular complexity index is 1220. The van der Waals surface area contributed by atoms with E-state index in [9.17, 15) is 9.59 Å². The maximum atomic E-state index is 13.4. The highest BCUT2D eigenvalue weighted by Crippen LogP contribution is 2.38. The molecule has 2 N–H and O–H groups in total. The van der Waals surface area contributed by atoms with Crippen molar-refractivity contribution in [2.75, 3.05) is 19.5 Å². The minimum Gasteiger partial charge on any atom is -0.493 e. The van der Waals surface area contributed by atoms with Crippen LogP contribution in [-0.4, -0.2) is 31.7 Å².